The van der Waals surface area contributed by atoms with Gasteiger partial charge < -0.3 is 14.7 Å². The fraction of sp³-hybridized carbons (Fsp3) is 0.500. The number of benzene rings is 1. The average Bonchev–Trinajstić information content (AvgIpc) is 2.57. The highest BCUT2D eigenvalue weighted by Crippen LogP contribution is 2.34. The van der Waals surface area contributed by atoms with Crippen LogP contribution >= 0.6 is 11.8 Å². The molecule has 1 saturated heterocycles. The molecule has 0 aromatic heterocycles. The summed E-state index contributed by atoms with van der Waals surface area (Å²) in [7, 11) is 0. The standard InChI is InChI=1S/C16H21N3O2S/c1-2-17-7-9-18(10-8-17)15(20)11-19-13-5-3-4-6-14(13)22-12-16(19)21/h3-6H,2,7-12H2,1H3. The normalized spacial score (nSPS) is 19.2. The van der Waals surface area contributed by atoms with Crippen LogP contribution in [0.15, 0.2) is 29.2 Å². The van der Waals surface area contributed by atoms with Gasteiger partial charge in [0.15, 0.2) is 0 Å². The lowest BCUT2D eigenvalue weighted by Crippen LogP contribution is -2.52. The molecule has 2 aliphatic heterocycles. The van der Waals surface area contributed by atoms with Crippen LogP contribution in [-0.2, 0) is 9.59 Å². The van der Waals surface area contributed by atoms with Gasteiger partial charge in [-0.1, -0.05) is 19.1 Å². The Hall–Kier alpha value is -1.53. The molecule has 118 valence electrons. The highest BCUT2D eigenvalue weighted by Gasteiger charge is 2.28. The van der Waals surface area contributed by atoms with E-state index in [1.165, 1.54) is 0 Å². The van der Waals surface area contributed by atoms with Crippen LogP contribution in [0.4, 0.5) is 5.69 Å². The first kappa shape index (κ1) is 15.4. The molecule has 0 aliphatic carbocycles. The van der Waals surface area contributed by atoms with Crippen molar-refractivity contribution in [2.45, 2.75) is 11.8 Å². The second-order valence-electron chi connectivity index (χ2n) is 5.55. The van der Waals surface area contributed by atoms with Crippen LogP contribution in [0.2, 0.25) is 0 Å². The van der Waals surface area contributed by atoms with E-state index >= 15 is 0 Å². The number of thioether (sulfide) groups is 1. The zero-order valence-corrected chi connectivity index (χ0v) is 13.6. The number of hydrogen-bond acceptors (Lipinski definition) is 4. The molecular formula is C16H21N3O2S. The van der Waals surface area contributed by atoms with Crippen LogP contribution in [0.5, 0.6) is 0 Å². The lowest BCUT2D eigenvalue weighted by atomic mass is 10.2. The third-order valence-corrected chi connectivity index (χ3v) is 5.32. The summed E-state index contributed by atoms with van der Waals surface area (Å²) in [4.78, 5) is 31.7. The van der Waals surface area contributed by atoms with Crippen LogP contribution in [0.3, 0.4) is 0 Å². The molecule has 0 atom stereocenters. The van der Waals surface area contributed by atoms with Gasteiger partial charge in [0.05, 0.1) is 11.4 Å². The van der Waals surface area contributed by atoms with E-state index in [0.29, 0.717) is 5.75 Å². The van der Waals surface area contributed by atoms with Crippen molar-refractivity contribution in [1.29, 1.82) is 0 Å². The van der Waals surface area contributed by atoms with E-state index < -0.39 is 0 Å². The number of hydrogen-bond donors (Lipinski definition) is 0. The predicted octanol–water partition coefficient (Wildman–Crippen LogP) is 1.29. The number of carbonyl (C=O) groups is 2. The topological polar surface area (TPSA) is 43.9 Å². The molecule has 5 nitrogen and oxygen atoms in total. The van der Waals surface area contributed by atoms with Gasteiger partial charge in [-0.05, 0) is 18.7 Å². The number of rotatable bonds is 3. The number of para-hydroxylation sites is 1. The van der Waals surface area contributed by atoms with Crippen LogP contribution in [0.1, 0.15) is 6.92 Å². The molecule has 2 aliphatic rings. The van der Waals surface area contributed by atoms with Crippen molar-refractivity contribution >= 4 is 29.3 Å². The molecule has 0 N–H and O–H groups in total. The average molecular weight is 319 g/mol. The smallest absolute Gasteiger partial charge is 0.242 e. The van der Waals surface area contributed by atoms with Crippen molar-refractivity contribution in [2.24, 2.45) is 0 Å². The molecule has 22 heavy (non-hydrogen) atoms. The molecule has 6 heteroatoms. The molecule has 2 amide bonds. The maximum absolute atomic E-state index is 12.5. The van der Waals surface area contributed by atoms with Crippen molar-refractivity contribution in [3.8, 4) is 0 Å². The molecule has 1 aromatic carbocycles. The van der Waals surface area contributed by atoms with Crippen LogP contribution < -0.4 is 4.90 Å². The molecule has 0 spiro atoms. The zero-order chi connectivity index (χ0) is 15.5. The van der Waals surface area contributed by atoms with Gasteiger partial charge in [-0.15, -0.1) is 11.8 Å². The summed E-state index contributed by atoms with van der Waals surface area (Å²) in [5.74, 6) is 0.475. The van der Waals surface area contributed by atoms with Crippen molar-refractivity contribution in [3.05, 3.63) is 24.3 Å². The number of amides is 2. The SMILES string of the molecule is CCN1CCN(C(=O)CN2C(=O)CSc3ccccc32)CC1. The summed E-state index contributed by atoms with van der Waals surface area (Å²) in [6, 6.07) is 7.80. The number of carbonyl (C=O) groups excluding carboxylic acids is 2. The Morgan fingerprint density at radius 3 is 2.64 bits per heavy atom. The quantitative estimate of drug-likeness (QED) is 0.842. The molecular weight excluding hydrogens is 298 g/mol. The van der Waals surface area contributed by atoms with Crippen LogP contribution in [0, 0.1) is 0 Å². The first-order valence-electron chi connectivity index (χ1n) is 7.71. The monoisotopic (exact) mass is 319 g/mol. The van der Waals surface area contributed by atoms with Gasteiger partial charge in [0.2, 0.25) is 11.8 Å². The first-order chi connectivity index (χ1) is 10.7. The number of fused-ring (bicyclic) bond motifs is 1. The third kappa shape index (κ3) is 3.13. The predicted molar refractivity (Wildman–Crippen MR) is 88.2 cm³/mol. The molecule has 2 heterocycles. The minimum absolute atomic E-state index is 0.0178. The van der Waals surface area contributed by atoms with E-state index in [9.17, 15) is 9.59 Å². The van der Waals surface area contributed by atoms with Gasteiger partial charge in [-0.25, -0.2) is 0 Å². The van der Waals surface area contributed by atoms with Gasteiger partial charge in [-0.3, -0.25) is 9.59 Å². The van der Waals surface area contributed by atoms with Crippen molar-refractivity contribution < 1.29 is 9.59 Å². The Morgan fingerprint density at radius 2 is 1.91 bits per heavy atom. The Bertz CT molecular complexity index is 570. The van der Waals surface area contributed by atoms with Gasteiger partial charge in [0, 0.05) is 31.1 Å². The Balaban J connectivity index is 1.68. The fourth-order valence-electron chi connectivity index (χ4n) is 2.88. The second kappa shape index (κ2) is 6.71. The van der Waals surface area contributed by atoms with E-state index in [2.05, 4.69) is 11.8 Å². The minimum Gasteiger partial charge on any atom is -0.339 e. The molecule has 0 saturated carbocycles. The Kier molecular flexibility index (Phi) is 4.69. The fourth-order valence-corrected chi connectivity index (χ4v) is 3.81. The van der Waals surface area contributed by atoms with E-state index in [1.807, 2.05) is 29.2 Å². The summed E-state index contributed by atoms with van der Waals surface area (Å²) in [5.41, 5.74) is 0.865. The lowest BCUT2D eigenvalue weighted by Gasteiger charge is -2.36. The zero-order valence-electron chi connectivity index (χ0n) is 12.8. The molecule has 1 aromatic rings. The van der Waals surface area contributed by atoms with Gasteiger partial charge >= 0.3 is 0 Å². The number of likely N-dealkylation sites (N-methyl/N-ethyl adjacent to an activating group) is 1. The van der Waals surface area contributed by atoms with E-state index in [-0.39, 0.29) is 18.4 Å². The highest BCUT2D eigenvalue weighted by atomic mass is 32.2. The van der Waals surface area contributed by atoms with Gasteiger partial charge in [-0.2, -0.15) is 0 Å². The molecule has 0 unspecified atom stereocenters. The molecule has 0 bridgehead atoms. The summed E-state index contributed by atoms with van der Waals surface area (Å²) in [6.07, 6.45) is 0. The molecule has 0 radical (unpaired) electrons. The summed E-state index contributed by atoms with van der Waals surface area (Å²) < 4.78 is 0. The van der Waals surface area contributed by atoms with Crippen LogP contribution in [0.25, 0.3) is 0 Å². The number of anilines is 1. The Morgan fingerprint density at radius 1 is 1.18 bits per heavy atom. The van der Waals surface area contributed by atoms with E-state index in [4.69, 9.17) is 0 Å². The maximum atomic E-state index is 12.5. The molecule has 1 fully saturated rings. The Labute approximate surface area is 135 Å². The first-order valence-corrected chi connectivity index (χ1v) is 8.70. The van der Waals surface area contributed by atoms with Gasteiger partial charge in [0.25, 0.3) is 0 Å². The summed E-state index contributed by atoms with van der Waals surface area (Å²) in [6.45, 7) is 6.67. The van der Waals surface area contributed by atoms with Crippen molar-refractivity contribution in [2.75, 3.05) is 49.9 Å². The van der Waals surface area contributed by atoms with Crippen molar-refractivity contribution in [3.63, 3.8) is 0 Å². The van der Waals surface area contributed by atoms with Gasteiger partial charge in [0.1, 0.15) is 6.54 Å². The maximum Gasteiger partial charge on any atom is 0.242 e. The molecule has 3 rings (SSSR count). The number of piperazine rings is 1. The minimum atomic E-state index is 0.0178. The number of nitrogens with zero attached hydrogens (tertiary/aromatic N) is 3. The largest absolute Gasteiger partial charge is 0.339 e. The lowest BCUT2D eigenvalue weighted by molar-refractivity contribution is -0.132. The highest BCUT2D eigenvalue weighted by molar-refractivity contribution is 8.00. The summed E-state index contributed by atoms with van der Waals surface area (Å²) >= 11 is 1.54. The summed E-state index contributed by atoms with van der Waals surface area (Å²) in [5, 5.41) is 0. The van der Waals surface area contributed by atoms with E-state index in [0.717, 1.165) is 43.3 Å². The second-order valence-corrected chi connectivity index (χ2v) is 6.57. The van der Waals surface area contributed by atoms with Crippen molar-refractivity contribution in [1.82, 2.24) is 9.80 Å². The van der Waals surface area contributed by atoms with Crippen LogP contribution in [-0.4, -0.2) is 66.6 Å². The van der Waals surface area contributed by atoms with E-state index in [1.54, 1.807) is 16.7 Å². The third-order valence-electron chi connectivity index (χ3n) is 4.27.